The maximum Gasteiger partial charge on any atom is 0.133 e. The number of benzene rings is 1. The highest BCUT2D eigenvalue weighted by Crippen LogP contribution is 2.28. The molecule has 1 aromatic carbocycles. The second kappa shape index (κ2) is 3.92. The van der Waals surface area contributed by atoms with Crippen LogP contribution in [0.2, 0.25) is 0 Å². The third kappa shape index (κ3) is 1.79. The van der Waals surface area contributed by atoms with E-state index in [4.69, 9.17) is 9.84 Å². The largest absolute Gasteiger partial charge is 0.496 e. The first-order chi connectivity index (χ1) is 5.69. The van der Waals surface area contributed by atoms with Gasteiger partial charge in [-0.2, -0.15) is 0 Å². The molecule has 1 aromatic rings. The third-order valence-corrected chi connectivity index (χ3v) is 2.40. The van der Waals surface area contributed by atoms with Crippen molar-refractivity contribution in [3.05, 3.63) is 27.7 Å². The molecule has 0 aliphatic rings. The Bertz CT molecular complexity index is 254. The van der Waals surface area contributed by atoms with Crippen LogP contribution in [-0.4, -0.2) is 12.2 Å². The molecular formula is C9H11BrO2. The fourth-order valence-electron chi connectivity index (χ4n) is 1.02. The van der Waals surface area contributed by atoms with Gasteiger partial charge in [-0.3, -0.25) is 0 Å². The summed E-state index contributed by atoms with van der Waals surface area (Å²) in [7, 11) is 1.62. The summed E-state index contributed by atoms with van der Waals surface area (Å²) in [5, 5.41) is 8.94. The summed E-state index contributed by atoms with van der Waals surface area (Å²) in [4.78, 5) is 0. The Morgan fingerprint density at radius 1 is 1.50 bits per heavy atom. The van der Waals surface area contributed by atoms with E-state index in [2.05, 4.69) is 15.9 Å². The molecule has 0 spiro atoms. The number of aliphatic hydroxyl groups is 1. The summed E-state index contributed by atoms with van der Waals surface area (Å²) in [6.07, 6.45) is 0. The van der Waals surface area contributed by atoms with Crippen LogP contribution >= 0.6 is 15.9 Å². The summed E-state index contributed by atoms with van der Waals surface area (Å²) in [5.74, 6) is 0.796. The van der Waals surface area contributed by atoms with Gasteiger partial charge in [0.15, 0.2) is 0 Å². The minimum Gasteiger partial charge on any atom is -0.496 e. The van der Waals surface area contributed by atoms with E-state index in [-0.39, 0.29) is 6.61 Å². The van der Waals surface area contributed by atoms with Crippen LogP contribution in [0.1, 0.15) is 11.1 Å². The SMILES string of the molecule is COc1cc(C)c(CO)cc1Br. The lowest BCUT2D eigenvalue weighted by molar-refractivity contribution is 0.280. The number of hydrogen-bond donors (Lipinski definition) is 1. The van der Waals surface area contributed by atoms with Gasteiger partial charge in [0.25, 0.3) is 0 Å². The van der Waals surface area contributed by atoms with Crippen molar-refractivity contribution < 1.29 is 9.84 Å². The van der Waals surface area contributed by atoms with Gasteiger partial charge in [-0.25, -0.2) is 0 Å². The number of aryl methyl sites for hydroxylation is 1. The molecule has 0 aliphatic carbocycles. The zero-order valence-electron chi connectivity index (χ0n) is 7.10. The molecule has 0 aromatic heterocycles. The van der Waals surface area contributed by atoms with Gasteiger partial charge in [0.1, 0.15) is 5.75 Å². The van der Waals surface area contributed by atoms with Crippen molar-refractivity contribution in [1.29, 1.82) is 0 Å². The molecule has 0 aliphatic heterocycles. The lowest BCUT2D eigenvalue weighted by Crippen LogP contribution is -1.92. The van der Waals surface area contributed by atoms with Gasteiger partial charge in [0, 0.05) is 0 Å². The molecule has 0 saturated heterocycles. The van der Waals surface area contributed by atoms with E-state index in [0.29, 0.717) is 0 Å². The normalized spacial score (nSPS) is 10.0. The number of halogens is 1. The van der Waals surface area contributed by atoms with Gasteiger partial charge in [-0.05, 0) is 46.1 Å². The second-order valence-corrected chi connectivity index (χ2v) is 3.43. The van der Waals surface area contributed by atoms with E-state index in [1.807, 2.05) is 19.1 Å². The maximum absolute atomic E-state index is 8.94. The van der Waals surface area contributed by atoms with Crippen LogP contribution in [0.15, 0.2) is 16.6 Å². The standard InChI is InChI=1S/C9H11BrO2/c1-6-3-9(12-2)8(10)4-7(6)5-11/h3-4,11H,5H2,1-2H3. The smallest absolute Gasteiger partial charge is 0.133 e. The van der Waals surface area contributed by atoms with Gasteiger partial charge in [-0.1, -0.05) is 0 Å². The van der Waals surface area contributed by atoms with E-state index in [1.165, 1.54) is 0 Å². The molecule has 0 saturated carbocycles. The van der Waals surface area contributed by atoms with Crippen LogP contribution in [0, 0.1) is 6.92 Å². The number of methoxy groups -OCH3 is 1. The highest BCUT2D eigenvalue weighted by molar-refractivity contribution is 9.10. The lowest BCUT2D eigenvalue weighted by Gasteiger charge is -2.07. The van der Waals surface area contributed by atoms with Crippen LogP contribution < -0.4 is 4.74 Å². The first kappa shape index (κ1) is 9.55. The zero-order chi connectivity index (χ0) is 9.14. The van der Waals surface area contributed by atoms with Gasteiger partial charge < -0.3 is 9.84 Å². The molecule has 0 amide bonds. The minimum atomic E-state index is 0.0639. The topological polar surface area (TPSA) is 29.5 Å². The molecule has 1 N–H and O–H groups in total. The molecule has 1 rings (SSSR count). The Morgan fingerprint density at radius 3 is 2.67 bits per heavy atom. The molecule has 12 heavy (non-hydrogen) atoms. The Labute approximate surface area is 80.3 Å². The van der Waals surface area contributed by atoms with Gasteiger partial charge in [-0.15, -0.1) is 0 Å². The van der Waals surface area contributed by atoms with E-state index in [9.17, 15) is 0 Å². The quantitative estimate of drug-likeness (QED) is 0.845. The van der Waals surface area contributed by atoms with Crippen molar-refractivity contribution in [3.63, 3.8) is 0 Å². The van der Waals surface area contributed by atoms with Gasteiger partial charge in [0.2, 0.25) is 0 Å². The Morgan fingerprint density at radius 2 is 2.17 bits per heavy atom. The van der Waals surface area contributed by atoms with Gasteiger partial charge in [0.05, 0.1) is 18.2 Å². The second-order valence-electron chi connectivity index (χ2n) is 2.57. The van der Waals surface area contributed by atoms with Crippen molar-refractivity contribution >= 4 is 15.9 Å². The number of ether oxygens (including phenoxy) is 1. The van der Waals surface area contributed by atoms with Crippen molar-refractivity contribution in [3.8, 4) is 5.75 Å². The molecule has 0 unspecified atom stereocenters. The average molecular weight is 231 g/mol. The number of aliphatic hydroxyl groups excluding tert-OH is 1. The highest BCUT2D eigenvalue weighted by Gasteiger charge is 2.04. The fraction of sp³-hybridized carbons (Fsp3) is 0.333. The highest BCUT2D eigenvalue weighted by atomic mass is 79.9. The summed E-state index contributed by atoms with van der Waals surface area (Å²) in [5.41, 5.74) is 1.96. The van der Waals surface area contributed by atoms with Crippen LogP contribution in [0.25, 0.3) is 0 Å². The molecular weight excluding hydrogens is 220 g/mol. The maximum atomic E-state index is 8.94. The van der Waals surface area contributed by atoms with Gasteiger partial charge >= 0.3 is 0 Å². The fourth-order valence-corrected chi connectivity index (χ4v) is 1.58. The molecule has 2 nitrogen and oxygen atoms in total. The predicted octanol–water partition coefficient (Wildman–Crippen LogP) is 2.26. The van der Waals surface area contributed by atoms with Crippen LogP contribution in [0.4, 0.5) is 0 Å². The van der Waals surface area contributed by atoms with Crippen molar-refractivity contribution in [2.24, 2.45) is 0 Å². The van der Waals surface area contributed by atoms with Crippen molar-refractivity contribution in [2.45, 2.75) is 13.5 Å². The first-order valence-electron chi connectivity index (χ1n) is 3.63. The summed E-state index contributed by atoms with van der Waals surface area (Å²) in [6, 6.07) is 3.77. The molecule has 0 heterocycles. The number of hydrogen-bond acceptors (Lipinski definition) is 2. The van der Waals surface area contributed by atoms with Crippen LogP contribution in [0.3, 0.4) is 0 Å². The third-order valence-electron chi connectivity index (χ3n) is 1.78. The lowest BCUT2D eigenvalue weighted by atomic mass is 10.1. The molecule has 66 valence electrons. The predicted molar refractivity (Wildman–Crippen MR) is 51.4 cm³/mol. The summed E-state index contributed by atoms with van der Waals surface area (Å²) >= 11 is 3.35. The van der Waals surface area contributed by atoms with Crippen molar-refractivity contribution in [2.75, 3.05) is 7.11 Å². The monoisotopic (exact) mass is 230 g/mol. The van der Waals surface area contributed by atoms with E-state index in [1.54, 1.807) is 7.11 Å². The van der Waals surface area contributed by atoms with Crippen LogP contribution in [-0.2, 0) is 6.61 Å². The van der Waals surface area contributed by atoms with Crippen molar-refractivity contribution in [1.82, 2.24) is 0 Å². The Kier molecular flexibility index (Phi) is 3.12. The first-order valence-corrected chi connectivity index (χ1v) is 4.42. The van der Waals surface area contributed by atoms with E-state index >= 15 is 0 Å². The Balaban J connectivity index is 3.16. The molecule has 0 fully saturated rings. The van der Waals surface area contributed by atoms with E-state index < -0.39 is 0 Å². The zero-order valence-corrected chi connectivity index (χ0v) is 8.68. The number of rotatable bonds is 2. The molecule has 0 bridgehead atoms. The summed E-state index contributed by atoms with van der Waals surface area (Å²) in [6.45, 7) is 2.01. The van der Waals surface area contributed by atoms with Crippen LogP contribution in [0.5, 0.6) is 5.75 Å². The molecule has 0 radical (unpaired) electrons. The summed E-state index contributed by atoms with van der Waals surface area (Å²) < 4.78 is 5.97. The minimum absolute atomic E-state index is 0.0639. The average Bonchev–Trinajstić information content (AvgIpc) is 2.08. The van der Waals surface area contributed by atoms with E-state index in [0.717, 1.165) is 21.3 Å². The molecule has 3 heteroatoms. The Hall–Kier alpha value is -0.540. The molecule has 0 atom stereocenters.